The molecule has 0 atom stereocenters. The van der Waals surface area contributed by atoms with Crippen LogP contribution in [0.1, 0.15) is 11.5 Å². The van der Waals surface area contributed by atoms with E-state index in [-0.39, 0.29) is 13.2 Å². The number of ether oxygens (including phenoxy) is 2. The predicted octanol–water partition coefficient (Wildman–Crippen LogP) is 3.42. The molecule has 0 aliphatic carbocycles. The van der Waals surface area contributed by atoms with Gasteiger partial charge in [0.1, 0.15) is 0 Å². The zero-order chi connectivity index (χ0) is 16.1. The van der Waals surface area contributed by atoms with Gasteiger partial charge in [0.2, 0.25) is 5.89 Å². The van der Waals surface area contributed by atoms with Gasteiger partial charge in [-0.05, 0) is 17.7 Å². The lowest BCUT2D eigenvalue weighted by molar-refractivity contribution is 0.249. The average molecular weight is 311 g/mol. The predicted molar refractivity (Wildman–Crippen MR) is 85.2 cm³/mol. The Balaban J connectivity index is 1.71. The Morgan fingerprint density at radius 1 is 1.09 bits per heavy atom. The minimum Gasteiger partial charge on any atom is -0.493 e. The fraction of sp³-hybridized carbons (Fsp3) is 0.167. The Hall–Kier alpha value is -2.79. The summed E-state index contributed by atoms with van der Waals surface area (Å²) in [5.74, 6) is 2.32. The number of benzene rings is 2. The first-order valence-electron chi connectivity index (χ1n) is 7.21. The fourth-order valence-corrected chi connectivity index (χ4v) is 2.18. The summed E-state index contributed by atoms with van der Waals surface area (Å²) in [6.45, 7) is 0.151. The van der Waals surface area contributed by atoms with Gasteiger partial charge in [-0.25, -0.2) is 4.98 Å². The van der Waals surface area contributed by atoms with Crippen LogP contribution < -0.4 is 9.47 Å². The maximum Gasteiger partial charge on any atom is 0.232 e. The standard InChI is InChI=1S/C18H17NO4/c1-21-16-9-13(11-20)7-8-15(16)22-12-18-19-10-17(23-18)14-5-3-2-4-6-14/h2-10,20H,11-12H2,1H3. The first-order chi connectivity index (χ1) is 11.3. The van der Waals surface area contributed by atoms with E-state index in [0.29, 0.717) is 23.1 Å². The van der Waals surface area contributed by atoms with E-state index >= 15 is 0 Å². The van der Waals surface area contributed by atoms with Crippen molar-refractivity contribution in [2.45, 2.75) is 13.2 Å². The van der Waals surface area contributed by atoms with Gasteiger partial charge in [0.15, 0.2) is 23.9 Å². The first kappa shape index (κ1) is 15.1. The van der Waals surface area contributed by atoms with Crippen LogP contribution in [0.2, 0.25) is 0 Å². The highest BCUT2D eigenvalue weighted by molar-refractivity contribution is 5.55. The highest BCUT2D eigenvalue weighted by atomic mass is 16.5. The minimum atomic E-state index is -0.0448. The highest BCUT2D eigenvalue weighted by Crippen LogP contribution is 2.29. The molecule has 3 aromatic rings. The van der Waals surface area contributed by atoms with E-state index in [1.807, 2.05) is 30.3 Å². The van der Waals surface area contributed by atoms with Crippen LogP contribution in [0.4, 0.5) is 0 Å². The number of aliphatic hydroxyl groups excluding tert-OH is 1. The van der Waals surface area contributed by atoms with Gasteiger partial charge >= 0.3 is 0 Å². The van der Waals surface area contributed by atoms with Gasteiger partial charge in [0.25, 0.3) is 0 Å². The quantitative estimate of drug-likeness (QED) is 0.755. The molecular formula is C18H17NO4. The Kier molecular flexibility index (Phi) is 4.59. The van der Waals surface area contributed by atoms with E-state index < -0.39 is 0 Å². The highest BCUT2D eigenvalue weighted by Gasteiger charge is 2.10. The molecule has 1 aromatic heterocycles. The van der Waals surface area contributed by atoms with Gasteiger partial charge in [-0.3, -0.25) is 0 Å². The number of hydrogen-bond acceptors (Lipinski definition) is 5. The summed E-state index contributed by atoms with van der Waals surface area (Å²) in [6, 6.07) is 15.0. The first-order valence-corrected chi connectivity index (χ1v) is 7.21. The molecule has 0 aliphatic heterocycles. The summed E-state index contributed by atoms with van der Waals surface area (Å²) >= 11 is 0. The second-order valence-corrected chi connectivity index (χ2v) is 4.92. The molecule has 0 saturated heterocycles. The van der Waals surface area contributed by atoms with Crippen molar-refractivity contribution in [3.8, 4) is 22.8 Å². The van der Waals surface area contributed by atoms with Crippen LogP contribution in [-0.4, -0.2) is 17.2 Å². The van der Waals surface area contributed by atoms with E-state index in [1.165, 1.54) is 0 Å². The normalized spacial score (nSPS) is 10.5. The van der Waals surface area contributed by atoms with Crippen molar-refractivity contribution in [2.75, 3.05) is 7.11 Å². The third-order valence-electron chi connectivity index (χ3n) is 3.37. The van der Waals surface area contributed by atoms with Gasteiger partial charge in [0, 0.05) is 5.56 Å². The summed E-state index contributed by atoms with van der Waals surface area (Å²) in [4.78, 5) is 4.22. The van der Waals surface area contributed by atoms with Gasteiger partial charge < -0.3 is 19.0 Å². The molecule has 0 aliphatic rings. The Morgan fingerprint density at radius 2 is 1.91 bits per heavy atom. The monoisotopic (exact) mass is 311 g/mol. The molecule has 0 radical (unpaired) electrons. The Bertz CT molecular complexity index is 768. The Morgan fingerprint density at radius 3 is 2.65 bits per heavy atom. The molecule has 2 aromatic carbocycles. The molecular weight excluding hydrogens is 294 g/mol. The summed E-state index contributed by atoms with van der Waals surface area (Å²) in [5, 5.41) is 9.15. The van der Waals surface area contributed by atoms with E-state index in [1.54, 1.807) is 31.5 Å². The second-order valence-electron chi connectivity index (χ2n) is 4.92. The number of methoxy groups -OCH3 is 1. The summed E-state index contributed by atoms with van der Waals surface area (Å²) in [5.41, 5.74) is 1.73. The van der Waals surface area contributed by atoms with Crippen LogP contribution >= 0.6 is 0 Å². The third kappa shape index (κ3) is 3.52. The minimum absolute atomic E-state index is 0.0448. The Labute approximate surface area is 134 Å². The fourth-order valence-electron chi connectivity index (χ4n) is 2.18. The smallest absolute Gasteiger partial charge is 0.232 e. The maximum atomic E-state index is 9.15. The van der Waals surface area contributed by atoms with Gasteiger partial charge in [0.05, 0.1) is 19.9 Å². The van der Waals surface area contributed by atoms with Crippen molar-refractivity contribution in [3.63, 3.8) is 0 Å². The van der Waals surface area contributed by atoms with Crippen molar-refractivity contribution in [3.05, 3.63) is 66.2 Å². The second kappa shape index (κ2) is 6.98. The average Bonchev–Trinajstić information content (AvgIpc) is 3.09. The van der Waals surface area contributed by atoms with Crippen molar-refractivity contribution in [2.24, 2.45) is 0 Å². The van der Waals surface area contributed by atoms with Crippen molar-refractivity contribution < 1.29 is 19.0 Å². The van der Waals surface area contributed by atoms with Crippen LogP contribution in [0.15, 0.2) is 59.1 Å². The van der Waals surface area contributed by atoms with Crippen LogP contribution in [0.25, 0.3) is 11.3 Å². The zero-order valence-corrected chi connectivity index (χ0v) is 12.7. The van der Waals surface area contributed by atoms with Crippen LogP contribution in [0.5, 0.6) is 11.5 Å². The number of rotatable bonds is 6. The lowest BCUT2D eigenvalue weighted by Gasteiger charge is -2.10. The van der Waals surface area contributed by atoms with Gasteiger partial charge in [-0.15, -0.1) is 0 Å². The number of aromatic nitrogens is 1. The van der Waals surface area contributed by atoms with E-state index in [9.17, 15) is 0 Å². The SMILES string of the molecule is COc1cc(CO)ccc1OCc1ncc(-c2ccccc2)o1. The third-order valence-corrected chi connectivity index (χ3v) is 3.37. The van der Waals surface area contributed by atoms with Crippen molar-refractivity contribution in [1.29, 1.82) is 0 Å². The van der Waals surface area contributed by atoms with Crippen molar-refractivity contribution in [1.82, 2.24) is 4.98 Å². The number of oxazole rings is 1. The molecule has 1 N–H and O–H groups in total. The molecule has 0 fully saturated rings. The maximum absolute atomic E-state index is 9.15. The molecule has 0 unspecified atom stereocenters. The molecule has 0 spiro atoms. The van der Waals surface area contributed by atoms with Gasteiger partial charge in [-0.1, -0.05) is 36.4 Å². The number of nitrogens with zero attached hydrogens (tertiary/aromatic N) is 1. The molecule has 23 heavy (non-hydrogen) atoms. The molecule has 118 valence electrons. The van der Waals surface area contributed by atoms with Crippen molar-refractivity contribution >= 4 is 0 Å². The van der Waals surface area contributed by atoms with E-state index in [2.05, 4.69) is 4.98 Å². The summed E-state index contributed by atoms with van der Waals surface area (Å²) < 4.78 is 16.7. The molecule has 5 heteroatoms. The van der Waals surface area contributed by atoms with E-state index in [0.717, 1.165) is 11.1 Å². The molecule has 0 saturated carbocycles. The van der Waals surface area contributed by atoms with Gasteiger partial charge in [-0.2, -0.15) is 0 Å². The summed E-state index contributed by atoms with van der Waals surface area (Å²) in [7, 11) is 1.56. The number of aliphatic hydroxyl groups is 1. The molecule has 0 bridgehead atoms. The molecule has 0 amide bonds. The largest absolute Gasteiger partial charge is 0.493 e. The molecule has 1 heterocycles. The lowest BCUT2D eigenvalue weighted by Crippen LogP contribution is -1.98. The number of hydrogen-bond donors (Lipinski definition) is 1. The molecule has 3 rings (SSSR count). The lowest BCUT2D eigenvalue weighted by atomic mass is 10.2. The molecule has 5 nitrogen and oxygen atoms in total. The zero-order valence-electron chi connectivity index (χ0n) is 12.7. The summed E-state index contributed by atoms with van der Waals surface area (Å²) in [6.07, 6.45) is 1.68. The topological polar surface area (TPSA) is 64.7 Å². The van der Waals surface area contributed by atoms with Crippen LogP contribution in [-0.2, 0) is 13.2 Å². The van der Waals surface area contributed by atoms with Crippen LogP contribution in [0, 0.1) is 0 Å². The van der Waals surface area contributed by atoms with Crippen LogP contribution in [0.3, 0.4) is 0 Å². The van der Waals surface area contributed by atoms with E-state index in [4.69, 9.17) is 19.0 Å².